The molecule has 0 saturated heterocycles. The molecule has 0 spiro atoms. The second-order valence-electron chi connectivity index (χ2n) is 3.60. The number of aliphatic hydroxyl groups excluding tert-OH is 1. The van der Waals surface area contributed by atoms with E-state index in [0.29, 0.717) is 18.8 Å². The van der Waals surface area contributed by atoms with Crippen LogP contribution in [0, 0.1) is 0 Å². The van der Waals surface area contributed by atoms with Gasteiger partial charge in [0.1, 0.15) is 5.76 Å². The lowest BCUT2D eigenvalue weighted by Gasteiger charge is -2.14. The van der Waals surface area contributed by atoms with Gasteiger partial charge in [-0.05, 0) is 18.6 Å². The van der Waals surface area contributed by atoms with Crippen molar-refractivity contribution in [1.29, 1.82) is 0 Å². The lowest BCUT2D eigenvalue weighted by molar-refractivity contribution is 0.0865. The van der Waals surface area contributed by atoms with E-state index < -0.39 is 0 Å². The molecule has 0 saturated carbocycles. The third-order valence-electron chi connectivity index (χ3n) is 2.31. The lowest BCUT2D eigenvalue weighted by Crippen LogP contribution is -2.38. The van der Waals surface area contributed by atoms with Gasteiger partial charge < -0.3 is 25.3 Å². The van der Waals surface area contributed by atoms with Gasteiger partial charge in [0.25, 0.3) is 5.91 Å². The van der Waals surface area contributed by atoms with Gasteiger partial charge in [-0.15, -0.1) is 0 Å². The third kappa shape index (κ3) is 4.18. The minimum Gasteiger partial charge on any atom is -0.455 e. The van der Waals surface area contributed by atoms with Crippen molar-refractivity contribution in [2.45, 2.75) is 19.0 Å². The van der Waals surface area contributed by atoms with E-state index in [-0.39, 0.29) is 30.9 Å². The first-order valence-electron chi connectivity index (χ1n) is 5.40. The number of hydrogen-bond donors (Lipinski definition) is 3. The Bertz CT molecular complexity index is 351. The Balaban J connectivity index is 2.51. The van der Waals surface area contributed by atoms with Crippen molar-refractivity contribution in [2.24, 2.45) is 5.73 Å². The van der Waals surface area contributed by atoms with Crippen LogP contribution in [0.15, 0.2) is 16.5 Å². The van der Waals surface area contributed by atoms with E-state index in [0.717, 1.165) is 0 Å². The first kappa shape index (κ1) is 13.7. The molecule has 0 fully saturated rings. The van der Waals surface area contributed by atoms with E-state index in [2.05, 4.69) is 5.32 Å². The Kier molecular flexibility index (Phi) is 5.68. The topological polar surface area (TPSA) is 97.7 Å². The van der Waals surface area contributed by atoms with Crippen LogP contribution in [-0.2, 0) is 11.3 Å². The van der Waals surface area contributed by atoms with Crippen LogP contribution in [0.1, 0.15) is 22.7 Å². The molecule has 0 aliphatic carbocycles. The van der Waals surface area contributed by atoms with Crippen LogP contribution >= 0.6 is 0 Å². The monoisotopic (exact) mass is 242 g/mol. The SMILES string of the molecule is COCCC(CO)NC(=O)c1ccc(CN)o1. The summed E-state index contributed by atoms with van der Waals surface area (Å²) in [5.74, 6) is 0.383. The maximum absolute atomic E-state index is 11.7. The largest absolute Gasteiger partial charge is 0.455 e. The summed E-state index contributed by atoms with van der Waals surface area (Å²) in [6, 6.07) is 2.87. The molecule has 17 heavy (non-hydrogen) atoms. The highest BCUT2D eigenvalue weighted by atomic mass is 16.5. The van der Waals surface area contributed by atoms with Crippen LogP contribution in [0.2, 0.25) is 0 Å². The van der Waals surface area contributed by atoms with Gasteiger partial charge in [0.2, 0.25) is 0 Å². The molecular weight excluding hydrogens is 224 g/mol. The van der Waals surface area contributed by atoms with Gasteiger partial charge in [-0.25, -0.2) is 0 Å². The number of ether oxygens (including phenoxy) is 1. The van der Waals surface area contributed by atoms with Gasteiger partial charge in [-0.1, -0.05) is 0 Å². The lowest BCUT2D eigenvalue weighted by atomic mass is 10.2. The van der Waals surface area contributed by atoms with E-state index in [9.17, 15) is 4.79 Å². The van der Waals surface area contributed by atoms with Crippen molar-refractivity contribution in [3.63, 3.8) is 0 Å². The molecule has 96 valence electrons. The molecule has 1 aromatic heterocycles. The minimum atomic E-state index is -0.361. The molecule has 1 heterocycles. The molecule has 0 bridgehead atoms. The fourth-order valence-corrected chi connectivity index (χ4v) is 1.34. The van der Waals surface area contributed by atoms with Gasteiger partial charge in [-0.3, -0.25) is 4.79 Å². The number of aliphatic hydroxyl groups is 1. The third-order valence-corrected chi connectivity index (χ3v) is 2.31. The summed E-state index contributed by atoms with van der Waals surface area (Å²) < 4.78 is 10.1. The maximum atomic E-state index is 11.7. The van der Waals surface area contributed by atoms with E-state index in [1.807, 2.05) is 0 Å². The second kappa shape index (κ2) is 7.05. The normalized spacial score (nSPS) is 12.4. The summed E-state index contributed by atoms with van der Waals surface area (Å²) in [4.78, 5) is 11.7. The summed E-state index contributed by atoms with van der Waals surface area (Å²) in [5.41, 5.74) is 5.37. The molecule has 4 N–H and O–H groups in total. The quantitative estimate of drug-likeness (QED) is 0.618. The van der Waals surface area contributed by atoms with Crippen LogP contribution in [0.25, 0.3) is 0 Å². The Hall–Kier alpha value is -1.37. The number of rotatable bonds is 7. The molecule has 0 aromatic carbocycles. The zero-order valence-corrected chi connectivity index (χ0v) is 9.81. The smallest absolute Gasteiger partial charge is 0.287 e. The Morgan fingerprint density at radius 1 is 1.65 bits per heavy atom. The summed E-state index contributed by atoms with van der Waals surface area (Å²) in [6.07, 6.45) is 0.545. The van der Waals surface area contributed by atoms with Crippen LogP contribution in [-0.4, -0.2) is 37.4 Å². The Labute approximate surface area is 99.7 Å². The van der Waals surface area contributed by atoms with Crippen molar-refractivity contribution in [2.75, 3.05) is 20.3 Å². The van der Waals surface area contributed by atoms with Crippen molar-refractivity contribution in [3.05, 3.63) is 23.7 Å². The fraction of sp³-hybridized carbons (Fsp3) is 0.545. The molecule has 0 aliphatic rings. The Morgan fingerprint density at radius 3 is 2.94 bits per heavy atom. The molecule has 1 aromatic rings. The van der Waals surface area contributed by atoms with E-state index in [1.54, 1.807) is 19.2 Å². The van der Waals surface area contributed by atoms with E-state index >= 15 is 0 Å². The van der Waals surface area contributed by atoms with Gasteiger partial charge in [0.05, 0.1) is 19.2 Å². The van der Waals surface area contributed by atoms with Crippen molar-refractivity contribution >= 4 is 5.91 Å². The molecule has 1 atom stereocenters. The molecule has 0 aliphatic heterocycles. The highest BCUT2D eigenvalue weighted by Gasteiger charge is 2.15. The van der Waals surface area contributed by atoms with Crippen molar-refractivity contribution in [3.8, 4) is 0 Å². The molecule has 1 amide bonds. The van der Waals surface area contributed by atoms with Gasteiger partial charge in [-0.2, -0.15) is 0 Å². The minimum absolute atomic E-state index is 0.139. The van der Waals surface area contributed by atoms with Gasteiger partial charge in [0.15, 0.2) is 5.76 Å². The number of methoxy groups -OCH3 is 1. The fourth-order valence-electron chi connectivity index (χ4n) is 1.34. The maximum Gasteiger partial charge on any atom is 0.287 e. The first-order valence-corrected chi connectivity index (χ1v) is 5.40. The van der Waals surface area contributed by atoms with Crippen LogP contribution < -0.4 is 11.1 Å². The zero-order chi connectivity index (χ0) is 12.7. The van der Waals surface area contributed by atoms with Gasteiger partial charge >= 0.3 is 0 Å². The number of carbonyl (C=O) groups is 1. The van der Waals surface area contributed by atoms with E-state index in [4.69, 9.17) is 20.0 Å². The van der Waals surface area contributed by atoms with Crippen molar-refractivity contribution in [1.82, 2.24) is 5.32 Å². The molecule has 0 radical (unpaired) electrons. The number of nitrogens with one attached hydrogen (secondary N) is 1. The molecule has 1 unspecified atom stereocenters. The summed E-state index contributed by atoms with van der Waals surface area (Å²) >= 11 is 0. The van der Waals surface area contributed by atoms with Crippen molar-refractivity contribution < 1.29 is 19.1 Å². The Morgan fingerprint density at radius 2 is 2.41 bits per heavy atom. The van der Waals surface area contributed by atoms with Crippen LogP contribution in [0.5, 0.6) is 0 Å². The molecule has 6 nitrogen and oxygen atoms in total. The number of nitrogens with two attached hydrogens (primary N) is 1. The van der Waals surface area contributed by atoms with Crippen LogP contribution in [0.4, 0.5) is 0 Å². The summed E-state index contributed by atoms with van der Waals surface area (Å²) in [5, 5.41) is 11.7. The number of amides is 1. The zero-order valence-electron chi connectivity index (χ0n) is 9.81. The van der Waals surface area contributed by atoms with E-state index in [1.165, 1.54) is 0 Å². The summed E-state index contributed by atoms with van der Waals surface area (Å²) in [6.45, 7) is 0.581. The predicted molar refractivity (Wildman–Crippen MR) is 61.4 cm³/mol. The highest BCUT2D eigenvalue weighted by Crippen LogP contribution is 2.07. The number of furan rings is 1. The highest BCUT2D eigenvalue weighted by molar-refractivity contribution is 5.91. The predicted octanol–water partition coefficient (Wildman–Crippen LogP) is -0.135. The second-order valence-corrected chi connectivity index (χ2v) is 3.60. The van der Waals surface area contributed by atoms with Crippen LogP contribution in [0.3, 0.4) is 0 Å². The molecule has 6 heteroatoms. The number of hydrogen-bond acceptors (Lipinski definition) is 5. The van der Waals surface area contributed by atoms with Gasteiger partial charge in [0, 0.05) is 13.7 Å². The standard InChI is InChI=1S/C11H18N2O4/c1-16-5-4-8(7-14)13-11(15)10-3-2-9(6-12)17-10/h2-3,8,14H,4-7,12H2,1H3,(H,13,15). The average molecular weight is 242 g/mol. The number of carbonyl (C=O) groups excluding carboxylic acids is 1. The average Bonchev–Trinajstić information content (AvgIpc) is 2.83. The summed E-state index contributed by atoms with van der Waals surface area (Å²) in [7, 11) is 1.57. The molecule has 1 rings (SSSR count). The molecular formula is C11H18N2O4. The first-order chi connectivity index (χ1) is 8.21.